The van der Waals surface area contributed by atoms with Crippen molar-refractivity contribution in [3.05, 3.63) is 40.0 Å². The first-order chi connectivity index (χ1) is 11.8. The fraction of sp³-hybridized carbons (Fsp3) is 0.316. The zero-order valence-corrected chi connectivity index (χ0v) is 15.1. The van der Waals surface area contributed by atoms with Gasteiger partial charge in [0.1, 0.15) is 5.84 Å². The molecule has 6 heteroatoms. The molecule has 1 amide bonds. The van der Waals surface area contributed by atoms with E-state index < -0.39 is 5.41 Å². The van der Waals surface area contributed by atoms with Gasteiger partial charge in [-0.25, -0.2) is 0 Å². The Bertz CT molecular complexity index is 904. The van der Waals surface area contributed by atoms with Gasteiger partial charge in [-0.1, -0.05) is 12.8 Å². The number of likely N-dealkylation sites (tertiary alicyclic amines) is 1. The number of amides is 1. The summed E-state index contributed by atoms with van der Waals surface area (Å²) in [6.45, 7) is 3.66. The molecule has 2 aromatic rings. The van der Waals surface area contributed by atoms with E-state index in [4.69, 9.17) is 5.41 Å². The van der Waals surface area contributed by atoms with Crippen molar-refractivity contribution in [1.29, 1.82) is 5.41 Å². The second kappa shape index (κ2) is 6.41. The fourth-order valence-corrected chi connectivity index (χ4v) is 4.00. The summed E-state index contributed by atoms with van der Waals surface area (Å²) in [4.78, 5) is 18.5. The van der Waals surface area contributed by atoms with Crippen LogP contribution in [0.1, 0.15) is 37.1 Å². The third kappa shape index (κ3) is 3.20. The molecule has 0 unspecified atom stereocenters. The lowest BCUT2D eigenvalue weighted by molar-refractivity contribution is -0.128. The Morgan fingerprint density at radius 3 is 2.84 bits per heavy atom. The molecule has 1 fully saturated rings. The topological polar surface area (TPSA) is 57.1 Å². The number of hydrogen-bond donors (Lipinski definition) is 1. The summed E-state index contributed by atoms with van der Waals surface area (Å²) < 4.78 is 14.6. The number of nitrogens with zero attached hydrogens (tertiary/aromatic N) is 2. The van der Waals surface area contributed by atoms with E-state index in [0.717, 1.165) is 21.8 Å². The van der Waals surface area contributed by atoms with Crippen molar-refractivity contribution in [2.24, 2.45) is 0 Å². The van der Waals surface area contributed by atoms with Crippen molar-refractivity contribution in [3.63, 3.8) is 0 Å². The van der Waals surface area contributed by atoms with Gasteiger partial charge >= 0.3 is 0 Å². The minimum atomic E-state index is -0.564. The Morgan fingerprint density at radius 1 is 1.40 bits per heavy atom. The van der Waals surface area contributed by atoms with Crippen molar-refractivity contribution < 1.29 is 9.18 Å². The molecule has 0 radical (unpaired) electrons. The summed E-state index contributed by atoms with van der Waals surface area (Å²) in [6.07, 6.45) is 2.28. The molecule has 0 aliphatic carbocycles. The van der Waals surface area contributed by atoms with E-state index in [0.29, 0.717) is 17.7 Å². The van der Waals surface area contributed by atoms with Crippen molar-refractivity contribution in [1.82, 2.24) is 9.88 Å². The van der Waals surface area contributed by atoms with Crippen LogP contribution in [0.15, 0.2) is 24.4 Å². The molecule has 3 rings (SSSR count). The SMILES string of the molecule is CC#Cc1ccnc(-c2cc([C@@]3(C)CC(=N)N(C)C(=O)C3)sc2F)c1. The molecule has 1 aliphatic heterocycles. The highest BCUT2D eigenvalue weighted by Gasteiger charge is 2.40. The maximum atomic E-state index is 14.6. The summed E-state index contributed by atoms with van der Waals surface area (Å²) >= 11 is 1.03. The maximum Gasteiger partial charge on any atom is 0.228 e. The van der Waals surface area contributed by atoms with E-state index in [-0.39, 0.29) is 23.3 Å². The third-order valence-electron chi connectivity index (χ3n) is 4.46. The number of pyridine rings is 1. The number of carbonyl (C=O) groups excluding carboxylic acids is 1. The number of thiophene rings is 1. The Morgan fingerprint density at radius 2 is 2.16 bits per heavy atom. The zero-order valence-electron chi connectivity index (χ0n) is 14.3. The van der Waals surface area contributed by atoms with E-state index in [2.05, 4.69) is 16.8 Å². The van der Waals surface area contributed by atoms with Crippen LogP contribution < -0.4 is 0 Å². The molecule has 0 saturated carbocycles. The predicted octanol–water partition coefficient (Wildman–Crippen LogP) is 3.81. The summed E-state index contributed by atoms with van der Waals surface area (Å²) in [5.41, 5.74) is 1.16. The lowest BCUT2D eigenvalue weighted by Gasteiger charge is -2.36. The van der Waals surface area contributed by atoms with Gasteiger partial charge in [-0.3, -0.25) is 15.2 Å². The largest absolute Gasteiger partial charge is 0.304 e. The van der Waals surface area contributed by atoms with Gasteiger partial charge in [-0.05, 0) is 25.1 Å². The molecule has 25 heavy (non-hydrogen) atoms. The van der Waals surface area contributed by atoms with E-state index in [1.165, 1.54) is 4.90 Å². The Labute approximate surface area is 150 Å². The molecule has 1 atom stereocenters. The number of halogens is 1. The van der Waals surface area contributed by atoms with Gasteiger partial charge in [-0.2, -0.15) is 4.39 Å². The summed E-state index contributed by atoms with van der Waals surface area (Å²) in [5, 5.41) is 7.69. The van der Waals surface area contributed by atoms with Crippen LogP contribution in [0.5, 0.6) is 0 Å². The van der Waals surface area contributed by atoms with Gasteiger partial charge in [0, 0.05) is 47.5 Å². The maximum absolute atomic E-state index is 14.6. The molecule has 1 N–H and O–H groups in total. The van der Waals surface area contributed by atoms with Crippen LogP contribution in [0.2, 0.25) is 0 Å². The lowest BCUT2D eigenvalue weighted by Crippen LogP contribution is -2.46. The van der Waals surface area contributed by atoms with Crippen LogP contribution in [0.4, 0.5) is 4.39 Å². The first-order valence-corrected chi connectivity index (χ1v) is 8.69. The van der Waals surface area contributed by atoms with Gasteiger partial charge < -0.3 is 4.90 Å². The van der Waals surface area contributed by atoms with Crippen LogP contribution in [0, 0.1) is 22.4 Å². The number of rotatable bonds is 2. The molecular formula is C19H18FN3OS. The highest BCUT2D eigenvalue weighted by atomic mass is 32.1. The monoisotopic (exact) mass is 355 g/mol. The minimum Gasteiger partial charge on any atom is -0.304 e. The number of piperidine rings is 1. The third-order valence-corrected chi connectivity index (χ3v) is 5.69. The van der Waals surface area contributed by atoms with Crippen LogP contribution in [0.3, 0.4) is 0 Å². The summed E-state index contributed by atoms with van der Waals surface area (Å²) in [7, 11) is 1.61. The van der Waals surface area contributed by atoms with Gasteiger partial charge in [0.25, 0.3) is 0 Å². The van der Waals surface area contributed by atoms with E-state index >= 15 is 0 Å². The highest BCUT2D eigenvalue weighted by molar-refractivity contribution is 7.11. The normalized spacial score (nSPS) is 20.4. The van der Waals surface area contributed by atoms with Crippen molar-refractivity contribution in [2.45, 2.75) is 32.1 Å². The lowest BCUT2D eigenvalue weighted by atomic mass is 9.78. The molecule has 128 valence electrons. The zero-order chi connectivity index (χ0) is 18.2. The predicted molar refractivity (Wildman–Crippen MR) is 97.1 cm³/mol. The number of aromatic nitrogens is 1. The number of amidine groups is 1. The Hall–Kier alpha value is -2.52. The first kappa shape index (κ1) is 17.3. The van der Waals surface area contributed by atoms with E-state index in [1.807, 2.05) is 6.92 Å². The standard InChI is InChI=1S/C19H18FN3OS/c1-4-5-12-6-7-22-14(8-12)13-9-15(25-18(13)20)19(2)10-16(21)23(3)17(24)11-19/h6-9,21H,10-11H2,1-3H3/t19-/m0/s1. The average molecular weight is 355 g/mol. The molecule has 1 aliphatic rings. The quantitative estimate of drug-likeness (QED) is 0.833. The van der Waals surface area contributed by atoms with Crippen LogP contribution in [-0.4, -0.2) is 28.7 Å². The van der Waals surface area contributed by atoms with Crippen LogP contribution >= 0.6 is 11.3 Å². The van der Waals surface area contributed by atoms with Gasteiger partial charge in [-0.15, -0.1) is 17.3 Å². The van der Waals surface area contributed by atoms with Crippen molar-refractivity contribution in [3.8, 4) is 23.1 Å². The number of hydrogen-bond acceptors (Lipinski definition) is 4. The second-order valence-corrected chi connectivity index (χ2v) is 7.42. The van der Waals surface area contributed by atoms with E-state index in [1.54, 1.807) is 38.4 Å². The first-order valence-electron chi connectivity index (χ1n) is 7.87. The van der Waals surface area contributed by atoms with Crippen molar-refractivity contribution >= 4 is 23.1 Å². The molecule has 4 nitrogen and oxygen atoms in total. The smallest absolute Gasteiger partial charge is 0.228 e. The van der Waals surface area contributed by atoms with Crippen LogP contribution in [-0.2, 0) is 10.2 Å². The molecule has 1 saturated heterocycles. The van der Waals surface area contributed by atoms with Gasteiger partial charge in [0.05, 0.1) is 5.69 Å². The molecule has 3 heterocycles. The number of nitrogens with one attached hydrogen (secondary N) is 1. The van der Waals surface area contributed by atoms with E-state index in [9.17, 15) is 9.18 Å². The van der Waals surface area contributed by atoms with Gasteiger partial charge in [0.15, 0.2) is 5.13 Å². The molecule has 2 aromatic heterocycles. The minimum absolute atomic E-state index is 0.118. The second-order valence-electron chi connectivity index (χ2n) is 6.42. The van der Waals surface area contributed by atoms with Gasteiger partial charge in [0.2, 0.25) is 5.91 Å². The average Bonchev–Trinajstić information content (AvgIpc) is 2.96. The van der Waals surface area contributed by atoms with Crippen LogP contribution in [0.25, 0.3) is 11.3 Å². The number of carbonyl (C=O) groups is 1. The van der Waals surface area contributed by atoms with Crippen molar-refractivity contribution in [2.75, 3.05) is 7.05 Å². The fourth-order valence-electron chi connectivity index (χ4n) is 2.97. The Balaban J connectivity index is 2.00. The molecular weight excluding hydrogens is 337 g/mol. The molecule has 0 aromatic carbocycles. The molecule has 0 bridgehead atoms. The summed E-state index contributed by atoms with van der Waals surface area (Å²) in [5.74, 6) is 5.90. The highest BCUT2D eigenvalue weighted by Crippen LogP contribution is 2.42. The molecule has 0 spiro atoms. The Kier molecular flexibility index (Phi) is 4.44. The summed E-state index contributed by atoms with van der Waals surface area (Å²) in [6, 6.07) is 5.30.